The molecule has 1 saturated heterocycles. The first-order valence-electron chi connectivity index (χ1n) is 7.58. The fraction of sp³-hybridized carbons (Fsp3) is 0.625. The van der Waals surface area contributed by atoms with Gasteiger partial charge in [-0.1, -0.05) is 36.9 Å². The maximum Gasteiger partial charge on any atom is 0.124 e. The van der Waals surface area contributed by atoms with Crippen molar-refractivity contribution in [2.75, 3.05) is 19.6 Å². The maximum atomic E-state index is 13.1. The van der Waals surface area contributed by atoms with Crippen LogP contribution in [0.3, 0.4) is 0 Å². The van der Waals surface area contributed by atoms with E-state index in [9.17, 15) is 4.39 Å². The van der Waals surface area contributed by atoms with Crippen molar-refractivity contribution < 1.29 is 4.39 Å². The summed E-state index contributed by atoms with van der Waals surface area (Å²) in [5.41, 5.74) is 1.34. The lowest BCUT2D eigenvalue weighted by atomic mass is 9.80. The topological polar surface area (TPSA) is 15.3 Å². The van der Waals surface area contributed by atoms with Crippen LogP contribution in [-0.4, -0.2) is 30.1 Å². The summed E-state index contributed by atoms with van der Waals surface area (Å²) in [7, 11) is 0. The van der Waals surface area contributed by atoms with E-state index < -0.39 is 0 Å². The fourth-order valence-electron chi connectivity index (χ4n) is 3.63. The van der Waals surface area contributed by atoms with Crippen LogP contribution in [-0.2, 0) is 6.54 Å². The predicted molar refractivity (Wildman–Crippen MR) is 80.5 cm³/mol. The zero-order chi connectivity index (χ0) is 14.0. The number of nitrogens with one attached hydrogen (secondary N) is 1. The molecule has 0 aromatic heterocycles. The second kappa shape index (κ2) is 6.00. The van der Waals surface area contributed by atoms with E-state index in [2.05, 4.69) is 10.2 Å². The van der Waals surface area contributed by atoms with Gasteiger partial charge >= 0.3 is 0 Å². The summed E-state index contributed by atoms with van der Waals surface area (Å²) in [6.45, 7) is 3.98. The molecule has 4 heteroatoms. The Morgan fingerprint density at radius 2 is 2.05 bits per heavy atom. The largest absolute Gasteiger partial charge is 0.309 e. The number of benzene rings is 1. The van der Waals surface area contributed by atoms with Gasteiger partial charge in [0.2, 0.25) is 0 Å². The smallest absolute Gasteiger partial charge is 0.124 e. The van der Waals surface area contributed by atoms with E-state index in [0.717, 1.165) is 31.7 Å². The molecule has 1 saturated carbocycles. The molecule has 1 aliphatic heterocycles. The van der Waals surface area contributed by atoms with Crippen molar-refractivity contribution in [1.29, 1.82) is 0 Å². The minimum Gasteiger partial charge on any atom is -0.309 e. The van der Waals surface area contributed by atoms with Crippen LogP contribution >= 0.6 is 11.6 Å². The van der Waals surface area contributed by atoms with Gasteiger partial charge in [0, 0.05) is 36.7 Å². The first-order valence-corrected chi connectivity index (χ1v) is 7.96. The van der Waals surface area contributed by atoms with Crippen molar-refractivity contribution in [2.24, 2.45) is 0 Å². The Morgan fingerprint density at radius 1 is 1.25 bits per heavy atom. The van der Waals surface area contributed by atoms with Crippen LogP contribution in [0.1, 0.15) is 37.7 Å². The third kappa shape index (κ3) is 3.16. The van der Waals surface area contributed by atoms with Crippen LogP contribution < -0.4 is 5.32 Å². The van der Waals surface area contributed by atoms with Gasteiger partial charge in [-0.3, -0.25) is 4.90 Å². The van der Waals surface area contributed by atoms with Crippen molar-refractivity contribution in [2.45, 2.75) is 44.2 Å². The van der Waals surface area contributed by atoms with Gasteiger partial charge in [0.05, 0.1) is 0 Å². The number of halogens is 2. The normalized spacial score (nSPS) is 23.1. The molecule has 1 aromatic carbocycles. The average molecular weight is 297 g/mol. The highest BCUT2D eigenvalue weighted by Crippen LogP contribution is 2.31. The Kier molecular flexibility index (Phi) is 4.29. The molecule has 1 heterocycles. The first-order chi connectivity index (χ1) is 9.67. The van der Waals surface area contributed by atoms with E-state index in [-0.39, 0.29) is 5.82 Å². The molecule has 0 amide bonds. The second-order valence-electron chi connectivity index (χ2n) is 6.21. The maximum absolute atomic E-state index is 13.1. The zero-order valence-electron chi connectivity index (χ0n) is 11.8. The monoisotopic (exact) mass is 296 g/mol. The molecular formula is C16H22ClFN2. The van der Waals surface area contributed by atoms with Crippen LogP contribution in [0.5, 0.6) is 0 Å². The highest BCUT2D eigenvalue weighted by molar-refractivity contribution is 6.31. The lowest BCUT2D eigenvalue weighted by Gasteiger charge is -2.46. The van der Waals surface area contributed by atoms with E-state index >= 15 is 0 Å². The van der Waals surface area contributed by atoms with Crippen molar-refractivity contribution in [3.63, 3.8) is 0 Å². The molecule has 1 aliphatic carbocycles. The van der Waals surface area contributed by atoms with Crippen LogP contribution in [0.4, 0.5) is 4.39 Å². The summed E-state index contributed by atoms with van der Waals surface area (Å²) in [5.74, 6) is -0.261. The number of piperazine rings is 1. The summed E-state index contributed by atoms with van der Waals surface area (Å²) in [6.07, 6.45) is 6.59. The van der Waals surface area contributed by atoms with Gasteiger partial charge in [-0.15, -0.1) is 0 Å². The van der Waals surface area contributed by atoms with Gasteiger partial charge in [0.1, 0.15) is 5.82 Å². The Hall–Kier alpha value is -0.640. The van der Waals surface area contributed by atoms with Crippen LogP contribution in [0.2, 0.25) is 5.02 Å². The Morgan fingerprint density at radius 3 is 2.80 bits per heavy atom. The molecule has 1 spiro atoms. The summed E-state index contributed by atoms with van der Waals surface area (Å²) in [5, 5.41) is 4.28. The molecule has 0 radical (unpaired) electrons. The van der Waals surface area contributed by atoms with Crippen molar-refractivity contribution in [3.8, 4) is 0 Å². The molecule has 3 rings (SSSR count). The Labute approximate surface area is 125 Å². The van der Waals surface area contributed by atoms with Gasteiger partial charge < -0.3 is 5.32 Å². The second-order valence-corrected chi connectivity index (χ2v) is 6.62. The van der Waals surface area contributed by atoms with Gasteiger partial charge in [0.25, 0.3) is 0 Å². The Bertz CT molecular complexity index is 466. The molecule has 1 aromatic rings. The average Bonchev–Trinajstić information content (AvgIpc) is 2.43. The highest BCUT2D eigenvalue weighted by Gasteiger charge is 2.35. The van der Waals surface area contributed by atoms with Crippen molar-refractivity contribution in [1.82, 2.24) is 10.2 Å². The predicted octanol–water partition coefficient (Wildman–Crippen LogP) is 3.59. The molecule has 20 heavy (non-hydrogen) atoms. The summed E-state index contributed by atoms with van der Waals surface area (Å²) in [4.78, 5) is 2.46. The highest BCUT2D eigenvalue weighted by atomic mass is 35.5. The molecule has 1 N–H and O–H groups in total. The molecule has 2 aliphatic rings. The molecular weight excluding hydrogens is 275 g/mol. The number of rotatable bonds is 2. The standard InChI is InChI=1S/C16H22ClFN2/c17-15-10-14(18)5-4-13(15)11-20-9-8-19-16(12-20)6-2-1-3-7-16/h4-5,10,19H,1-3,6-9,11-12H2. The van der Waals surface area contributed by atoms with E-state index in [0.29, 0.717) is 10.6 Å². The van der Waals surface area contributed by atoms with Crippen molar-refractivity contribution >= 4 is 11.6 Å². The molecule has 0 bridgehead atoms. The van der Waals surface area contributed by atoms with Crippen LogP contribution in [0, 0.1) is 5.82 Å². The molecule has 2 fully saturated rings. The van der Waals surface area contributed by atoms with E-state index in [1.54, 1.807) is 0 Å². The number of nitrogens with zero attached hydrogens (tertiary/aromatic N) is 1. The molecule has 0 unspecified atom stereocenters. The zero-order valence-corrected chi connectivity index (χ0v) is 12.6. The minimum absolute atomic E-state index is 0.261. The van der Waals surface area contributed by atoms with Crippen LogP contribution in [0.25, 0.3) is 0 Å². The molecule has 110 valence electrons. The minimum atomic E-state index is -0.261. The van der Waals surface area contributed by atoms with Gasteiger partial charge in [-0.2, -0.15) is 0 Å². The number of hydrogen-bond donors (Lipinski definition) is 1. The fourth-order valence-corrected chi connectivity index (χ4v) is 3.86. The summed E-state index contributed by atoms with van der Waals surface area (Å²) in [6, 6.07) is 4.72. The summed E-state index contributed by atoms with van der Waals surface area (Å²) < 4.78 is 13.1. The first kappa shape index (κ1) is 14.3. The van der Waals surface area contributed by atoms with Crippen LogP contribution in [0.15, 0.2) is 18.2 Å². The van der Waals surface area contributed by atoms with Gasteiger partial charge in [-0.25, -0.2) is 4.39 Å². The third-order valence-corrected chi connectivity index (χ3v) is 5.03. The SMILES string of the molecule is Fc1ccc(CN2CCNC3(CCCCC3)C2)c(Cl)c1. The Balaban J connectivity index is 1.68. The quantitative estimate of drug-likeness (QED) is 0.897. The molecule has 0 atom stereocenters. The lowest BCUT2D eigenvalue weighted by Crippen LogP contribution is -2.60. The van der Waals surface area contributed by atoms with E-state index in [1.165, 1.54) is 44.2 Å². The number of hydrogen-bond acceptors (Lipinski definition) is 2. The van der Waals surface area contributed by atoms with Gasteiger partial charge in [0.15, 0.2) is 0 Å². The van der Waals surface area contributed by atoms with Gasteiger partial charge in [-0.05, 0) is 30.5 Å². The van der Waals surface area contributed by atoms with Crippen molar-refractivity contribution in [3.05, 3.63) is 34.6 Å². The van der Waals surface area contributed by atoms with E-state index in [4.69, 9.17) is 11.6 Å². The third-order valence-electron chi connectivity index (χ3n) is 4.67. The lowest BCUT2D eigenvalue weighted by molar-refractivity contribution is 0.0945. The molecule has 2 nitrogen and oxygen atoms in total. The van der Waals surface area contributed by atoms with E-state index in [1.807, 2.05) is 6.07 Å². The summed E-state index contributed by atoms with van der Waals surface area (Å²) >= 11 is 6.14.